The number of aryl methyl sites for hydroxylation is 14. The lowest BCUT2D eigenvalue weighted by Crippen LogP contribution is -2.16. The molecule has 6 nitrogen and oxygen atoms in total. The van der Waals surface area contributed by atoms with Crippen LogP contribution in [0.3, 0.4) is 0 Å². The zero-order valence-electron chi connectivity index (χ0n) is 53.5. The molecule has 0 saturated carbocycles. The molecule has 13 rings (SSSR count). The van der Waals surface area contributed by atoms with Gasteiger partial charge in [-0.15, -0.1) is 0 Å². The Morgan fingerprint density at radius 1 is 0.310 bits per heavy atom. The van der Waals surface area contributed by atoms with Gasteiger partial charge in [-0.05, 0) is 287 Å². The predicted molar refractivity (Wildman–Crippen MR) is 359 cm³/mol. The van der Waals surface area contributed by atoms with Gasteiger partial charge < -0.3 is 18.3 Å². The minimum absolute atomic E-state index is 0.416. The van der Waals surface area contributed by atoms with E-state index in [9.17, 15) is 11.8 Å². The predicted octanol–water partition coefficient (Wildman–Crippen LogP) is 21.3. The van der Waals surface area contributed by atoms with E-state index in [1.165, 1.54) is 144 Å². The molecule has 0 amide bonds. The Balaban J connectivity index is 1.53. The third kappa shape index (κ3) is 6.55. The first-order valence-electron chi connectivity index (χ1n) is 29.9. The Kier molecular flexibility index (Phi) is 11.9. The second-order valence-electron chi connectivity index (χ2n) is 25.3. The quantitative estimate of drug-likeness (QED) is 0.162. The van der Waals surface area contributed by atoms with Gasteiger partial charge in [0, 0.05) is 43.1 Å². The molecular formula is C78H76N6. The fourth-order valence-corrected chi connectivity index (χ4v) is 15.8. The van der Waals surface area contributed by atoms with E-state index in [1.807, 2.05) is 0 Å². The number of rotatable bonds is 4. The van der Waals surface area contributed by atoms with Crippen LogP contribution in [-0.2, 0) is 0 Å². The number of hydrogen-bond donors (Lipinski definition) is 0. The average molecular weight is 1100 g/mol. The van der Waals surface area contributed by atoms with Crippen molar-refractivity contribution in [2.24, 2.45) is 0 Å². The summed E-state index contributed by atoms with van der Waals surface area (Å²) >= 11 is 0. The summed E-state index contributed by atoms with van der Waals surface area (Å²) in [5.74, 6) is 0. The van der Waals surface area contributed by atoms with Gasteiger partial charge >= 0.3 is 0 Å². The van der Waals surface area contributed by atoms with Gasteiger partial charge in [0.15, 0.2) is 0 Å². The van der Waals surface area contributed by atoms with Gasteiger partial charge in [-0.2, -0.15) is 5.26 Å². The van der Waals surface area contributed by atoms with Crippen LogP contribution in [-0.4, -0.2) is 18.3 Å². The van der Waals surface area contributed by atoms with Crippen molar-refractivity contribution < 1.29 is 0 Å². The monoisotopic (exact) mass is 1100 g/mol. The second kappa shape index (κ2) is 18.3. The van der Waals surface area contributed by atoms with Crippen LogP contribution in [0.25, 0.3) is 115 Å². The number of para-hydroxylation sites is 2. The maximum atomic E-state index is 13.1. The first-order valence-corrected chi connectivity index (χ1v) is 29.9. The van der Waals surface area contributed by atoms with E-state index in [4.69, 9.17) is 4.85 Å². The highest BCUT2D eigenvalue weighted by molar-refractivity contribution is 6.21. The minimum Gasteiger partial charge on any atom is -0.318 e. The van der Waals surface area contributed by atoms with Crippen molar-refractivity contribution in [1.82, 2.24) is 18.3 Å². The van der Waals surface area contributed by atoms with Crippen LogP contribution < -0.4 is 0 Å². The molecule has 0 unspecified atom stereocenters. The van der Waals surface area contributed by atoms with Crippen LogP contribution >= 0.6 is 0 Å². The molecule has 4 aromatic heterocycles. The van der Waals surface area contributed by atoms with Crippen LogP contribution in [0.4, 0.5) is 5.69 Å². The van der Waals surface area contributed by atoms with Gasteiger partial charge in [-0.25, -0.2) is 4.85 Å². The van der Waals surface area contributed by atoms with Gasteiger partial charge in [0.2, 0.25) is 5.69 Å². The average Bonchev–Trinajstić information content (AvgIpc) is 1.67. The fraction of sp³-hybridized carbons (Fsp3) is 0.282. The van der Waals surface area contributed by atoms with Crippen LogP contribution in [0.5, 0.6) is 0 Å². The molecule has 6 heteroatoms. The van der Waals surface area contributed by atoms with Crippen molar-refractivity contribution in [3.05, 3.63) is 200 Å². The zero-order valence-corrected chi connectivity index (χ0v) is 53.5. The lowest BCUT2D eigenvalue weighted by molar-refractivity contribution is 1.02. The molecule has 13 aromatic rings. The summed E-state index contributed by atoms with van der Waals surface area (Å²) in [4.78, 5) is 5.04. The summed E-state index contributed by atoms with van der Waals surface area (Å²) < 4.78 is 9.95. The van der Waals surface area contributed by atoms with E-state index in [-0.39, 0.29) is 0 Å². The van der Waals surface area contributed by atoms with Crippen molar-refractivity contribution in [2.75, 3.05) is 0 Å². The molecular weight excluding hydrogens is 1020 g/mol. The van der Waals surface area contributed by atoms with Crippen LogP contribution in [0.1, 0.15) is 128 Å². The van der Waals surface area contributed by atoms with Gasteiger partial charge in [0.1, 0.15) is 6.07 Å². The van der Waals surface area contributed by atoms with Crippen LogP contribution in [0.2, 0.25) is 0 Å². The van der Waals surface area contributed by atoms with E-state index >= 15 is 0 Å². The number of nitrogens with zero attached hydrogens (tertiary/aromatic N) is 6. The lowest BCUT2D eigenvalue weighted by Gasteiger charge is -2.29. The van der Waals surface area contributed by atoms with Crippen molar-refractivity contribution in [3.8, 4) is 28.8 Å². The number of aromatic nitrogens is 4. The molecule has 0 aliphatic heterocycles. The number of fused-ring (bicyclic) bond motifs is 12. The van der Waals surface area contributed by atoms with E-state index in [0.29, 0.717) is 16.9 Å². The first kappa shape index (κ1) is 54.4. The van der Waals surface area contributed by atoms with Gasteiger partial charge in [0.05, 0.1) is 79.0 Å². The Bertz CT molecular complexity index is 5050. The highest BCUT2D eigenvalue weighted by atomic mass is 15.1. The molecule has 0 saturated heterocycles. The minimum atomic E-state index is 0.416. The third-order valence-corrected chi connectivity index (χ3v) is 21.8. The van der Waals surface area contributed by atoms with Crippen LogP contribution in [0.15, 0.2) is 60.7 Å². The Hall–Kier alpha value is -8.84. The summed E-state index contributed by atoms with van der Waals surface area (Å²) in [5.41, 5.74) is 38.9. The topological polar surface area (TPSA) is 47.9 Å². The largest absolute Gasteiger partial charge is 0.318 e. The number of nitriles is 1. The molecule has 0 radical (unpaired) electrons. The number of benzene rings is 9. The normalized spacial score (nSPS) is 12.1. The van der Waals surface area contributed by atoms with Crippen molar-refractivity contribution in [2.45, 2.75) is 152 Å². The highest BCUT2D eigenvalue weighted by Crippen LogP contribution is 2.56. The Morgan fingerprint density at radius 3 is 0.940 bits per heavy atom. The molecule has 4 heterocycles. The summed E-state index contributed by atoms with van der Waals surface area (Å²) in [6, 6.07) is 24.9. The highest BCUT2D eigenvalue weighted by Gasteiger charge is 2.38. The maximum Gasteiger partial charge on any atom is 0.237 e. The van der Waals surface area contributed by atoms with Gasteiger partial charge in [-0.1, -0.05) is 48.5 Å². The summed E-state index contributed by atoms with van der Waals surface area (Å²) in [7, 11) is 0. The Labute approximate surface area is 495 Å². The Morgan fingerprint density at radius 2 is 0.607 bits per heavy atom. The van der Waals surface area contributed by atoms with Crippen LogP contribution in [0, 0.1) is 170 Å². The van der Waals surface area contributed by atoms with Crippen molar-refractivity contribution >= 4 is 92.9 Å². The summed E-state index contributed by atoms with van der Waals surface area (Å²) in [5, 5.41) is 22.5. The third-order valence-electron chi connectivity index (χ3n) is 21.8. The smallest absolute Gasteiger partial charge is 0.237 e. The summed E-state index contributed by atoms with van der Waals surface area (Å²) in [6.45, 7) is 60.5. The zero-order chi connectivity index (χ0) is 60.2. The SMILES string of the molecule is [C-]#[N+]c1c(-n2c3ccccc3c3ccccc32)c(C#N)c(-n2c3c(C)cc(C)c(C)c3c3c(C)c(C)c(C)c(C)c32)c(-n2c3c(C)c(C)c(C)c(C)c3c3c(C)c(C)c(C)c(C)c32)c1-n1c2c(C)cc(C)c(C)c2c2c(C)c(C)c(C)c(C)c21. The van der Waals surface area contributed by atoms with E-state index in [0.717, 1.165) is 83.1 Å². The lowest BCUT2D eigenvalue weighted by atomic mass is 9.90. The molecule has 0 spiro atoms. The maximum absolute atomic E-state index is 13.1. The van der Waals surface area contributed by atoms with E-state index < -0.39 is 0 Å². The molecule has 0 N–H and O–H groups in total. The molecule has 418 valence electrons. The van der Waals surface area contributed by atoms with Gasteiger partial charge in [0.25, 0.3) is 0 Å². The van der Waals surface area contributed by atoms with E-state index in [1.54, 1.807) is 0 Å². The molecule has 9 aromatic carbocycles. The molecule has 0 bridgehead atoms. The first-order chi connectivity index (χ1) is 39.9. The van der Waals surface area contributed by atoms with Crippen molar-refractivity contribution in [1.29, 1.82) is 5.26 Å². The van der Waals surface area contributed by atoms with Gasteiger partial charge in [-0.3, -0.25) is 0 Å². The molecule has 0 fully saturated rings. The summed E-state index contributed by atoms with van der Waals surface area (Å²) in [6.07, 6.45) is 0. The standard InChI is InChI=1S/C78H76N6/c1-35-32-37(3)69-62(39(35)5)64-49(15)41(7)45(11)53(19)71(64)82(69)76-59(34-79)75(81-60-30-26-24-28-57(60)58-29-25-27-31-61(58)81)68(80-23)77(83-70-38(4)33-36(2)40(6)63(70)65-50(16)42(8)46(12)54(20)72(65)83)78(76)84-73-55(21)47(13)43(9)51(17)66(73)67-52(18)44(10)48(14)56(22)74(67)84/h24-33H,1-22H3. The molecule has 0 aliphatic rings. The molecule has 0 atom stereocenters. The van der Waals surface area contributed by atoms with Crippen molar-refractivity contribution in [3.63, 3.8) is 0 Å². The molecule has 0 aliphatic carbocycles. The fourth-order valence-electron chi connectivity index (χ4n) is 15.8. The number of hydrogen-bond acceptors (Lipinski definition) is 1. The molecule has 84 heavy (non-hydrogen) atoms. The second-order valence-corrected chi connectivity index (χ2v) is 25.3. The van der Waals surface area contributed by atoms with E-state index in [2.05, 4.69) is 237 Å².